The van der Waals surface area contributed by atoms with Gasteiger partial charge in [0.2, 0.25) is 29.5 Å². The van der Waals surface area contributed by atoms with Crippen LogP contribution < -0.4 is 16.4 Å². The molecule has 2 aliphatic heterocycles. The Bertz CT molecular complexity index is 1740. The molecular weight excluding hydrogens is 1080 g/mol. The smallest absolute Gasteiger partial charge is 0.306 e. The Morgan fingerprint density at radius 1 is 0.512 bits per heavy atom. The van der Waals surface area contributed by atoms with Crippen molar-refractivity contribution < 1.29 is 48.1 Å². The van der Waals surface area contributed by atoms with Crippen LogP contribution in [0.15, 0.2) is 0 Å². The molecule has 2 fully saturated rings. The van der Waals surface area contributed by atoms with Crippen molar-refractivity contribution in [2.75, 3.05) is 37.8 Å². The Kier molecular flexibility index (Phi) is 47.1. The number of primary amides is 1. The summed E-state index contributed by atoms with van der Waals surface area (Å²) in [5.74, 6) is -3.33. The zero-order chi connectivity index (χ0) is 61.3. The number of rotatable bonds is 56. The van der Waals surface area contributed by atoms with Gasteiger partial charge in [-0.3, -0.25) is 33.6 Å². The molecule has 2 aliphatic rings. The Balaban J connectivity index is 2.07. The number of thioether (sulfide) groups is 1. The highest BCUT2D eigenvalue weighted by Gasteiger charge is 2.44. The van der Waals surface area contributed by atoms with Crippen molar-refractivity contribution in [2.45, 2.75) is 347 Å². The molecule has 5 N–H and O–H groups in total. The molecule has 0 radical (unpaired) electrons. The van der Waals surface area contributed by atoms with E-state index in [0.29, 0.717) is 38.6 Å². The maximum atomic E-state index is 14.3. The molecule has 0 bridgehead atoms. The lowest BCUT2D eigenvalue weighted by atomic mass is 10.0. The van der Waals surface area contributed by atoms with Crippen LogP contribution >= 0.6 is 11.8 Å². The molecule has 0 aromatic rings. The highest BCUT2D eigenvalue weighted by molar-refractivity contribution is 7.99. The van der Waals surface area contributed by atoms with Crippen molar-refractivity contribution >= 4 is 53.2 Å². The lowest BCUT2D eigenvalue weighted by Crippen LogP contribution is -2.58. The minimum absolute atomic E-state index is 0.0427. The van der Waals surface area contributed by atoms with E-state index in [1.165, 1.54) is 190 Å². The average Bonchev–Trinajstić information content (AvgIpc) is 4.03. The van der Waals surface area contributed by atoms with Gasteiger partial charge in [0.15, 0.2) is 0 Å². The fraction of sp³-hybridized carbons (Fsp3) is 0.897. The van der Waals surface area contributed by atoms with Crippen molar-refractivity contribution in [1.29, 1.82) is 0 Å². The van der Waals surface area contributed by atoms with Crippen LogP contribution in [0.2, 0.25) is 0 Å². The van der Waals surface area contributed by atoms with E-state index in [9.17, 15) is 38.7 Å². The molecule has 2 saturated heterocycles. The second-order valence-electron chi connectivity index (χ2n) is 24.9. The molecule has 15 nitrogen and oxygen atoms in total. The molecule has 0 aliphatic carbocycles. The van der Waals surface area contributed by atoms with Crippen LogP contribution in [0.3, 0.4) is 0 Å². The summed E-state index contributed by atoms with van der Waals surface area (Å²) in [7, 11) is 0. The van der Waals surface area contributed by atoms with Gasteiger partial charge in [0.05, 0.1) is 12.5 Å². The van der Waals surface area contributed by atoms with Crippen molar-refractivity contribution in [2.24, 2.45) is 11.7 Å². The van der Waals surface area contributed by atoms with Gasteiger partial charge in [-0.15, -0.1) is 0 Å². The Morgan fingerprint density at radius 3 is 1.35 bits per heavy atom. The maximum Gasteiger partial charge on any atom is 0.306 e. The number of likely N-dealkylation sites (tertiary alicyclic amines) is 2. The van der Waals surface area contributed by atoms with E-state index in [-0.39, 0.29) is 67.7 Å². The van der Waals surface area contributed by atoms with Crippen molar-refractivity contribution in [3.05, 3.63) is 0 Å². The number of nitrogens with zero attached hydrogens (tertiary/aromatic N) is 2. The van der Waals surface area contributed by atoms with E-state index in [0.717, 1.165) is 64.2 Å². The van der Waals surface area contributed by atoms with Gasteiger partial charge < -0.3 is 40.7 Å². The summed E-state index contributed by atoms with van der Waals surface area (Å²) in [5.41, 5.74) is 5.62. The second-order valence-corrected chi connectivity index (χ2v) is 26.0. The molecule has 0 aromatic heterocycles. The van der Waals surface area contributed by atoms with Gasteiger partial charge in [0, 0.05) is 49.9 Å². The van der Waals surface area contributed by atoms with Crippen LogP contribution in [0.5, 0.6) is 0 Å². The zero-order valence-electron chi connectivity index (χ0n) is 54.0. The number of hydrogen-bond donors (Lipinski definition) is 4. The predicted octanol–water partition coefficient (Wildman–Crippen LogP) is 14.3. The molecule has 0 spiro atoms. The average molecular weight is 1200 g/mol. The first-order valence-electron chi connectivity index (χ1n) is 34.9. The molecular formula is C68H125N5O10S. The Hall–Kier alpha value is -3.40. The molecule has 488 valence electrons. The number of aliphatic hydroxyl groups excluding tert-OH is 1. The van der Waals surface area contributed by atoms with Gasteiger partial charge in [-0.2, -0.15) is 11.8 Å². The molecule has 2 unspecified atom stereocenters. The summed E-state index contributed by atoms with van der Waals surface area (Å²) in [6.45, 7) is 8.24. The van der Waals surface area contributed by atoms with Gasteiger partial charge in [0.25, 0.3) is 0 Å². The third kappa shape index (κ3) is 36.7. The van der Waals surface area contributed by atoms with E-state index in [4.69, 9.17) is 15.2 Å². The third-order valence-electron chi connectivity index (χ3n) is 17.5. The Morgan fingerprint density at radius 2 is 0.929 bits per heavy atom. The lowest BCUT2D eigenvalue weighted by molar-refractivity contribution is -0.157. The van der Waals surface area contributed by atoms with Crippen LogP contribution in [0.1, 0.15) is 317 Å². The Labute approximate surface area is 515 Å². The van der Waals surface area contributed by atoms with Crippen molar-refractivity contribution in [3.8, 4) is 0 Å². The highest BCUT2D eigenvalue weighted by Crippen LogP contribution is 2.29. The number of hydrogen-bond acceptors (Lipinski definition) is 11. The van der Waals surface area contributed by atoms with Gasteiger partial charge in [0.1, 0.15) is 30.8 Å². The summed E-state index contributed by atoms with van der Waals surface area (Å²) >= 11 is 1.27. The van der Waals surface area contributed by atoms with Crippen molar-refractivity contribution in [1.82, 2.24) is 20.4 Å². The number of amides is 5. The van der Waals surface area contributed by atoms with E-state index in [1.54, 1.807) is 11.8 Å². The number of aliphatic hydroxyl groups is 1. The number of ether oxygens (including phenoxy) is 2. The van der Waals surface area contributed by atoms with Crippen LogP contribution in [0.4, 0.5) is 0 Å². The van der Waals surface area contributed by atoms with Gasteiger partial charge in [-0.1, -0.05) is 252 Å². The predicted molar refractivity (Wildman–Crippen MR) is 343 cm³/mol. The quantitative estimate of drug-likeness (QED) is 0.0332. The zero-order valence-corrected chi connectivity index (χ0v) is 54.8. The first-order chi connectivity index (χ1) is 40.9. The van der Waals surface area contributed by atoms with E-state index in [1.807, 2.05) is 0 Å². The number of carbonyl (C=O) groups is 7. The van der Waals surface area contributed by atoms with Gasteiger partial charge >= 0.3 is 11.9 Å². The van der Waals surface area contributed by atoms with Crippen molar-refractivity contribution in [3.63, 3.8) is 0 Å². The topological polar surface area (TPSA) is 215 Å². The highest BCUT2D eigenvalue weighted by atomic mass is 32.2. The third-order valence-corrected chi connectivity index (χ3v) is 18.6. The molecule has 84 heavy (non-hydrogen) atoms. The lowest BCUT2D eigenvalue weighted by Gasteiger charge is -2.33. The SMILES string of the molecule is CCCCCCCCCCCCCCCC(=O)N[C@@H](CSCC(COC(=O)CCCCCCCCCCCCCCC)OC(=O)CCCCCCCCCCCCCCC)C(=O)N[C@@H](CO)C(=O)N1CCC[C@H]1C(=O)N1CCC(C(N)=O)[C@H]1C. The standard InChI is InChI=1S/C68H125N5O10S/c1-5-8-11-14-17-20-23-26-29-32-35-38-41-46-62(75)70-60(66(79)71-59(52-74)67(80)73-50-44-45-61(73)68(81)72-51-49-58(56(72)4)65(69)78)55-84-54-57(83-64(77)48-43-40-37-34-31-28-25-22-19-16-13-10-7-3)53-82-63(76)47-42-39-36-33-30-27-24-21-18-15-12-9-6-2/h56-61,74H,5-55H2,1-4H3,(H2,69,78)(H,70,75)(H,71,79)/t56-,57?,58?,59+,60+,61+/m1/s1. The molecule has 0 aromatic carbocycles. The van der Waals surface area contributed by atoms with Crippen LogP contribution in [-0.4, -0.2) is 124 Å². The number of unbranched alkanes of at least 4 members (excludes halogenated alkanes) is 36. The molecule has 5 amide bonds. The summed E-state index contributed by atoms with van der Waals surface area (Å²) in [6.07, 6.45) is 47.6. The van der Waals surface area contributed by atoms with Crippen LogP contribution in [0, 0.1) is 5.92 Å². The number of esters is 2. The van der Waals surface area contributed by atoms with Gasteiger partial charge in [-0.25, -0.2) is 0 Å². The monoisotopic (exact) mass is 1200 g/mol. The second kappa shape index (κ2) is 51.6. The largest absolute Gasteiger partial charge is 0.462 e. The summed E-state index contributed by atoms with van der Waals surface area (Å²) < 4.78 is 11.7. The fourth-order valence-corrected chi connectivity index (χ4v) is 13.1. The number of nitrogens with one attached hydrogen (secondary N) is 2. The van der Waals surface area contributed by atoms with E-state index >= 15 is 0 Å². The minimum Gasteiger partial charge on any atom is -0.462 e. The van der Waals surface area contributed by atoms with E-state index < -0.39 is 60.5 Å². The molecule has 6 atom stereocenters. The first kappa shape index (κ1) is 76.7. The normalized spacial score (nSPS) is 17.0. The van der Waals surface area contributed by atoms with E-state index in [2.05, 4.69) is 31.4 Å². The number of nitrogens with two attached hydrogens (primary N) is 1. The molecule has 0 saturated carbocycles. The fourth-order valence-electron chi connectivity index (χ4n) is 12.0. The summed E-state index contributed by atoms with van der Waals surface area (Å²) in [4.78, 5) is 97.4. The first-order valence-corrected chi connectivity index (χ1v) is 36.1. The molecule has 16 heteroatoms. The van der Waals surface area contributed by atoms with Crippen LogP contribution in [0.25, 0.3) is 0 Å². The minimum atomic E-state index is -1.39. The molecule has 2 rings (SSSR count). The summed E-state index contributed by atoms with van der Waals surface area (Å²) in [5, 5.41) is 16.2. The number of carbonyl (C=O) groups excluding carboxylic acids is 7. The van der Waals surface area contributed by atoms with Crippen LogP contribution in [-0.2, 0) is 43.0 Å². The molecule has 2 heterocycles. The maximum absolute atomic E-state index is 14.3. The summed E-state index contributed by atoms with van der Waals surface area (Å²) in [6, 6.07) is -3.76. The van der Waals surface area contributed by atoms with Gasteiger partial charge in [-0.05, 0) is 45.4 Å².